The first-order valence-corrected chi connectivity index (χ1v) is 6.77. The van der Waals surface area contributed by atoms with E-state index in [1.54, 1.807) is 6.07 Å². The van der Waals surface area contributed by atoms with Gasteiger partial charge in [0.05, 0.1) is 21.6 Å². The number of nitrogens with zero attached hydrogens (tertiary/aromatic N) is 2. The number of fused-ring (bicyclic) bond motifs is 1. The van der Waals surface area contributed by atoms with E-state index < -0.39 is 17.6 Å². The van der Waals surface area contributed by atoms with E-state index in [1.165, 1.54) is 6.20 Å². The number of nitrogens with one attached hydrogen (secondary N) is 1. The van der Waals surface area contributed by atoms with Crippen molar-refractivity contribution in [3.8, 4) is 0 Å². The molecule has 0 saturated carbocycles. The molecule has 3 rings (SSSR count). The van der Waals surface area contributed by atoms with Crippen molar-refractivity contribution in [2.45, 2.75) is 6.18 Å². The topological polar surface area (TPSA) is 63.8 Å². The van der Waals surface area contributed by atoms with Gasteiger partial charge in [-0.2, -0.15) is 17.5 Å². The van der Waals surface area contributed by atoms with Crippen molar-refractivity contribution in [3.05, 3.63) is 41.8 Å². The minimum atomic E-state index is -4.59. The lowest BCUT2D eigenvalue weighted by molar-refractivity contribution is -0.137. The first-order chi connectivity index (χ1) is 10.4. The molecule has 2 heterocycles. The summed E-state index contributed by atoms with van der Waals surface area (Å²) in [4.78, 5) is 4.09. The molecular weight excluding hydrogens is 320 g/mol. The van der Waals surface area contributed by atoms with Crippen LogP contribution >= 0.6 is 11.5 Å². The van der Waals surface area contributed by atoms with E-state index in [4.69, 9.17) is 5.73 Å². The number of hydrogen-bond acceptors (Lipinski definition) is 5. The number of nitrogens with two attached hydrogens (primary N) is 1. The van der Waals surface area contributed by atoms with Gasteiger partial charge in [0.15, 0.2) is 5.82 Å². The molecule has 3 N–H and O–H groups in total. The molecule has 0 unspecified atom stereocenters. The van der Waals surface area contributed by atoms with Crippen molar-refractivity contribution in [2.24, 2.45) is 0 Å². The standard InChI is InChI=1S/C13H8F4N4S/c14-7-5-6(13(15,16)17)1-2-9(7)20-12-10-11(22-21-12)8(18)3-4-19-10/h1-5H,(H2,18,19)(H,20,21). The summed E-state index contributed by atoms with van der Waals surface area (Å²) in [5.41, 5.74) is 5.50. The lowest BCUT2D eigenvalue weighted by atomic mass is 10.2. The summed E-state index contributed by atoms with van der Waals surface area (Å²) in [6, 6.07) is 3.83. The van der Waals surface area contributed by atoms with Crippen LogP contribution in [0.3, 0.4) is 0 Å². The predicted octanol–water partition coefficient (Wildman–Crippen LogP) is 4.18. The van der Waals surface area contributed by atoms with E-state index in [0.29, 0.717) is 22.0 Å². The van der Waals surface area contributed by atoms with Crippen LogP contribution in [0.25, 0.3) is 10.2 Å². The quantitative estimate of drug-likeness (QED) is 0.693. The van der Waals surface area contributed by atoms with Gasteiger partial charge in [0.1, 0.15) is 11.3 Å². The Morgan fingerprint density at radius 3 is 2.64 bits per heavy atom. The third-order valence-corrected chi connectivity index (χ3v) is 3.82. The summed E-state index contributed by atoms with van der Waals surface area (Å²) >= 11 is 1.07. The monoisotopic (exact) mass is 328 g/mol. The fourth-order valence-electron chi connectivity index (χ4n) is 1.86. The van der Waals surface area contributed by atoms with Gasteiger partial charge < -0.3 is 11.1 Å². The van der Waals surface area contributed by atoms with E-state index in [0.717, 1.165) is 23.7 Å². The maximum Gasteiger partial charge on any atom is 0.416 e. The molecule has 22 heavy (non-hydrogen) atoms. The van der Waals surface area contributed by atoms with E-state index in [-0.39, 0.29) is 11.5 Å². The lowest BCUT2D eigenvalue weighted by Gasteiger charge is -2.09. The second-order valence-corrected chi connectivity index (χ2v) is 5.20. The van der Waals surface area contributed by atoms with Crippen molar-refractivity contribution in [1.29, 1.82) is 0 Å². The summed E-state index contributed by atoms with van der Waals surface area (Å²) in [6.07, 6.45) is -3.12. The van der Waals surface area contributed by atoms with Crippen LogP contribution in [0, 0.1) is 5.82 Å². The van der Waals surface area contributed by atoms with Gasteiger partial charge in [0, 0.05) is 6.20 Å². The van der Waals surface area contributed by atoms with Crippen LogP contribution in [0.4, 0.5) is 34.8 Å². The number of rotatable bonds is 2. The van der Waals surface area contributed by atoms with E-state index in [1.807, 2.05) is 0 Å². The van der Waals surface area contributed by atoms with E-state index in [9.17, 15) is 17.6 Å². The summed E-state index contributed by atoms with van der Waals surface area (Å²) in [7, 11) is 0. The number of pyridine rings is 1. The molecule has 0 radical (unpaired) electrons. The third-order valence-electron chi connectivity index (χ3n) is 2.94. The number of hydrogen-bond donors (Lipinski definition) is 2. The molecule has 0 fully saturated rings. The molecule has 3 aromatic rings. The number of aromatic nitrogens is 2. The van der Waals surface area contributed by atoms with E-state index in [2.05, 4.69) is 14.7 Å². The predicted molar refractivity (Wildman–Crippen MR) is 76.5 cm³/mol. The zero-order valence-corrected chi connectivity index (χ0v) is 11.6. The number of nitrogen functional groups attached to an aromatic ring is 1. The highest BCUT2D eigenvalue weighted by Gasteiger charge is 2.31. The lowest BCUT2D eigenvalue weighted by Crippen LogP contribution is -2.06. The van der Waals surface area contributed by atoms with Crippen molar-refractivity contribution in [3.63, 3.8) is 0 Å². The average molecular weight is 328 g/mol. The fraction of sp³-hybridized carbons (Fsp3) is 0.0769. The van der Waals surface area contributed by atoms with Gasteiger partial charge in [-0.1, -0.05) is 0 Å². The Bertz CT molecular complexity index is 844. The highest BCUT2D eigenvalue weighted by molar-refractivity contribution is 7.14. The van der Waals surface area contributed by atoms with Crippen LogP contribution in [0.15, 0.2) is 30.5 Å². The zero-order chi connectivity index (χ0) is 15.9. The molecule has 114 valence electrons. The summed E-state index contributed by atoms with van der Waals surface area (Å²) in [5.74, 6) is -0.786. The average Bonchev–Trinajstić information content (AvgIpc) is 2.85. The number of anilines is 3. The number of halogens is 4. The molecule has 4 nitrogen and oxygen atoms in total. The summed E-state index contributed by atoms with van der Waals surface area (Å²) in [5, 5.41) is 2.64. The normalized spacial score (nSPS) is 11.8. The zero-order valence-electron chi connectivity index (χ0n) is 10.8. The maximum atomic E-state index is 13.8. The second kappa shape index (κ2) is 5.09. The van der Waals surface area contributed by atoms with Gasteiger partial charge in [0.2, 0.25) is 0 Å². The Hall–Kier alpha value is -2.42. The molecule has 2 aromatic heterocycles. The molecule has 0 aliphatic heterocycles. The first kappa shape index (κ1) is 14.5. The van der Waals surface area contributed by atoms with Crippen molar-refractivity contribution >= 4 is 38.9 Å². The Kier molecular flexibility index (Phi) is 3.36. The van der Waals surface area contributed by atoms with Crippen molar-refractivity contribution in [2.75, 3.05) is 11.1 Å². The summed E-state index contributed by atoms with van der Waals surface area (Å²) in [6.45, 7) is 0. The SMILES string of the molecule is Nc1ccnc2c(Nc3ccc(C(F)(F)F)cc3F)nsc12. The van der Waals surface area contributed by atoms with Crippen LogP contribution in [0.1, 0.15) is 5.56 Å². The minimum absolute atomic E-state index is 0.121. The van der Waals surface area contributed by atoms with Crippen LogP contribution in [0.2, 0.25) is 0 Å². The molecule has 0 atom stereocenters. The Balaban J connectivity index is 1.97. The van der Waals surface area contributed by atoms with Crippen molar-refractivity contribution < 1.29 is 17.6 Å². The van der Waals surface area contributed by atoms with Gasteiger partial charge >= 0.3 is 6.18 Å². The third kappa shape index (κ3) is 2.54. The molecule has 0 bridgehead atoms. The molecular formula is C13H8F4N4S. The smallest absolute Gasteiger partial charge is 0.397 e. The van der Waals surface area contributed by atoms with Gasteiger partial charge in [-0.3, -0.25) is 4.98 Å². The highest BCUT2D eigenvalue weighted by atomic mass is 32.1. The Labute approximate surface area is 125 Å². The van der Waals surface area contributed by atoms with Gasteiger partial charge in [0.25, 0.3) is 0 Å². The molecule has 9 heteroatoms. The van der Waals surface area contributed by atoms with Crippen LogP contribution in [-0.4, -0.2) is 9.36 Å². The number of alkyl halides is 3. The molecule has 0 saturated heterocycles. The highest BCUT2D eigenvalue weighted by Crippen LogP contribution is 2.34. The summed E-state index contributed by atoms with van der Waals surface area (Å²) < 4.78 is 56.0. The Morgan fingerprint density at radius 2 is 1.95 bits per heavy atom. The minimum Gasteiger partial charge on any atom is -0.397 e. The maximum absolute atomic E-state index is 13.8. The first-order valence-electron chi connectivity index (χ1n) is 6.00. The number of benzene rings is 1. The fourth-order valence-corrected chi connectivity index (χ4v) is 2.59. The molecule has 1 aromatic carbocycles. The van der Waals surface area contributed by atoms with Gasteiger partial charge in [-0.15, -0.1) is 0 Å². The van der Waals surface area contributed by atoms with Crippen LogP contribution in [-0.2, 0) is 6.18 Å². The molecule has 0 spiro atoms. The van der Waals surface area contributed by atoms with Crippen LogP contribution < -0.4 is 11.1 Å². The molecule has 0 aliphatic carbocycles. The molecule has 0 aliphatic rings. The Morgan fingerprint density at radius 1 is 1.18 bits per heavy atom. The largest absolute Gasteiger partial charge is 0.416 e. The molecule has 0 amide bonds. The van der Waals surface area contributed by atoms with Crippen LogP contribution in [0.5, 0.6) is 0 Å². The second-order valence-electron chi connectivity index (χ2n) is 4.43. The van der Waals surface area contributed by atoms with E-state index >= 15 is 0 Å². The van der Waals surface area contributed by atoms with Gasteiger partial charge in [-0.05, 0) is 35.8 Å². The van der Waals surface area contributed by atoms with Gasteiger partial charge in [-0.25, -0.2) is 4.39 Å². The van der Waals surface area contributed by atoms with Crippen molar-refractivity contribution in [1.82, 2.24) is 9.36 Å².